The van der Waals surface area contributed by atoms with Crippen LogP contribution in [0.4, 0.5) is 40.2 Å². The van der Waals surface area contributed by atoms with E-state index in [9.17, 15) is 18.0 Å². The van der Waals surface area contributed by atoms with E-state index < -0.39 is 10.2 Å². The fraction of sp³-hybridized carbons (Fsp3) is 0.489. The number of anilines is 7. The highest BCUT2D eigenvalue weighted by Crippen LogP contribution is 2.51. The second-order valence-corrected chi connectivity index (χ2v) is 20.7. The van der Waals surface area contributed by atoms with Crippen LogP contribution in [0.3, 0.4) is 0 Å². The molecule has 0 aliphatic carbocycles. The number of rotatable bonds is 12. The molecule has 18 heteroatoms. The third-order valence-electron chi connectivity index (χ3n) is 14.4. The normalized spacial score (nSPS) is 22.0. The zero-order chi connectivity index (χ0) is 44.8. The first-order valence-corrected chi connectivity index (χ1v) is 25.3. The Morgan fingerprint density at radius 1 is 0.846 bits per heavy atom. The van der Waals surface area contributed by atoms with Crippen molar-refractivity contribution in [3.8, 4) is 5.75 Å². The number of imide groups is 1. The van der Waals surface area contributed by atoms with Gasteiger partial charge in [0.05, 0.1) is 28.6 Å². The van der Waals surface area contributed by atoms with Gasteiger partial charge < -0.3 is 25.2 Å². The van der Waals surface area contributed by atoms with Gasteiger partial charge in [-0.2, -0.15) is 13.4 Å². The van der Waals surface area contributed by atoms with Gasteiger partial charge in [-0.1, -0.05) is 24.3 Å². The summed E-state index contributed by atoms with van der Waals surface area (Å²) < 4.78 is 36.7. The summed E-state index contributed by atoms with van der Waals surface area (Å²) >= 11 is 3.52. The second-order valence-electron chi connectivity index (χ2n) is 18.2. The number of piperazine rings is 1. The quantitative estimate of drug-likeness (QED) is 0.148. The largest absolute Gasteiger partial charge is 0.494 e. The van der Waals surface area contributed by atoms with Crippen LogP contribution in [0, 0.1) is 6.92 Å². The summed E-state index contributed by atoms with van der Waals surface area (Å²) in [5.74, 6) is 1.30. The van der Waals surface area contributed by atoms with E-state index in [2.05, 4.69) is 99.8 Å². The van der Waals surface area contributed by atoms with Crippen LogP contribution in [0.1, 0.15) is 61.1 Å². The molecular weight excluding hydrogens is 911 g/mol. The molecule has 344 valence electrons. The van der Waals surface area contributed by atoms with Gasteiger partial charge in [0.25, 0.3) is 0 Å². The van der Waals surface area contributed by atoms with Gasteiger partial charge in [-0.15, -0.1) is 0 Å². The average Bonchev–Trinajstić information content (AvgIpc) is 3.87. The van der Waals surface area contributed by atoms with Gasteiger partial charge in [-0.05, 0) is 121 Å². The number of aryl methyl sites for hydroxylation is 1. The minimum Gasteiger partial charge on any atom is -0.494 e. The number of halogens is 1. The van der Waals surface area contributed by atoms with Crippen LogP contribution in [0.15, 0.2) is 65.3 Å². The van der Waals surface area contributed by atoms with Crippen molar-refractivity contribution in [2.75, 3.05) is 103 Å². The lowest BCUT2D eigenvalue weighted by atomic mass is 9.89. The van der Waals surface area contributed by atoms with Crippen molar-refractivity contribution in [2.45, 2.75) is 69.9 Å². The summed E-state index contributed by atoms with van der Waals surface area (Å²) in [7, 11) is -2.19. The highest BCUT2D eigenvalue weighted by atomic mass is 79.9. The Kier molecular flexibility index (Phi) is 12.4. The van der Waals surface area contributed by atoms with Crippen molar-refractivity contribution in [3.05, 3.63) is 82.0 Å². The van der Waals surface area contributed by atoms with Crippen molar-refractivity contribution >= 4 is 78.2 Å². The molecule has 0 saturated carbocycles. The molecule has 6 aliphatic heterocycles. The first kappa shape index (κ1) is 43.9. The number of carbonyl (C=O) groups excluding carboxylic acids is 2. The molecule has 4 saturated heterocycles. The molecule has 0 spiro atoms. The van der Waals surface area contributed by atoms with Crippen LogP contribution in [0.5, 0.6) is 5.75 Å². The lowest BCUT2D eigenvalue weighted by Gasteiger charge is -2.44. The molecule has 3 N–H and O–H groups in total. The van der Waals surface area contributed by atoms with Crippen LogP contribution in [-0.2, 0) is 26.2 Å². The van der Waals surface area contributed by atoms with Crippen LogP contribution in [0.25, 0.3) is 0 Å². The predicted octanol–water partition coefficient (Wildman–Crippen LogP) is 5.74. The fourth-order valence-corrected chi connectivity index (χ4v) is 12.9. The van der Waals surface area contributed by atoms with Crippen LogP contribution < -0.4 is 34.2 Å². The zero-order valence-electron chi connectivity index (χ0n) is 37.1. The number of ether oxygens (including phenoxy) is 1. The van der Waals surface area contributed by atoms with Gasteiger partial charge in [0.1, 0.15) is 11.8 Å². The molecule has 7 heterocycles. The number of amides is 2. The Balaban J connectivity index is 0.678. The topological polar surface area (TPSA) is 159 Å². The van der Waals surface area contributed by atoms with Gasteiger partial charge >= 0.3 is 10.2 Å². The molecule has 0 bridgehead atoms. The van der Waals surface area contributed by atoms with Crippen molar-refractivity contribution in [1.29, 1.82) is 0 Å². The summed E-state index contributed by atoms with van der Waals surface area (Å²) in [6, 6.07) is 18.6. The third-order valence-corrected chi connectivity index (χ3v) is 16.7. The molecule has 1 unspecified atom stereocenters. The van der Waals surface area contributed by atoms with E-state index >= 15 is 0 Å². The zero-order valence-corrected chi connectivity index (χ0v) is 39.5. The van der Waals surface area contributed by atoms with Crippen LogP contribution in [-0.4, -0.2) is 136 Å². The lowest BCUT2D eigenvalue weighted by molar-refractivity contribution is -0.133. The van der Waals surface area contributed by atoms with Crippen molar-refractivity contribution in [2.24, 2.45) is 0 Å². The molecule has 6 aliphatic rings. The second kappa shape index (κ2) is 18.3. The Morgan fingerprint density at radius 3 is 2.31 bits per heavy atom. The minimum atomic E-state index is -3.85. The van der Waals surface area contributed by atoms with E-state index in [1.54, 1.807) is 13.3 Å². The average molecular weight is 969 g/mol. The summed E-state index contributed by atoms with van der Waals surface area (Å²) in [5, 5.41) is 9.03. The number of benzene rings is 3. The van der Waals surface area contributed by atoms with Crippen molar-refractivity contribution in [1.82, 2.24) is 30.0 Å². The number of hydrogen-bond acceptors (Lipinski definition) is 13. The SMILES string of the molecule is COc1cc(N2CCC(N3CCN(CCN4CCC(c5ccc(NC6CCC(=O)NC6=O)cc5)CC4)CC3)CC2)c(C)cc1Nc1ncc(Br)c(N2c3cccc4c3N(CC4)S2(=O)=O)n1. The maximum Gasteiger partial charge on any atom is 0.332 e. The predicted molar refractivity (Wildman–Crippen MR) is 257 cm³/mol. The number of aromatic nitrogens is 2. The van der Waals surface area contributed by atoms with Gasteiger partial charge in [0.15, 0.2) is 5.82 Å². The summed E-state index contributed by atoms with van der Waals surface area (Å²) in [6.07, 6.45) is 7.73. The molecule has 16 nitrogen and oxygen atoms in total. The number of methoxy groups -OCH3 is 1. The third kappa shape index (κ3) is 8.87. The Labute approximate surface area is 390 Å². The highest BCUT2D eigenvalue weighted by Gasteiger charge is 2.46. The van der Waals surface area contributed by atoms with Crippen LogP contribution >= 0.6 is 15.9 Å². The van der Waals surface area contributed by atoms with Crippen LogP contribution in [0.2, 0.25) is 0 Å². The summed E-state index contributed by atoms with van der Waals surface area (Å²) in [6.45, 7) is 13.4. The Hall–Kier alpha value is -5.01. The Bertz CT molecular complexity index is 2540. The molecule has 1 aromatic heterocycles. The highest BCUT2D eigenvalue weighted by molar-refractivity contribution is 9.10. The first-order chi connectivity index (χ1) is 31.5. The summed E-state index contributed by atoms with van der Waals surface area (Å²) in [5.41, 5.74) is 7.59. The maximum atomic E-state index is 13.8. The number of likely N-dealkylation sites (tertiary alicyclic amines) is 1. The van der Waals surface area contributed by atoms with Gasteiger partial charge in [0, 0.05) is 95.0 Å². The molecule has 3 aromatic carbocycles. The number of nitrogens with one attached hydrogen (secondary N) is 3. The smallest absolute Gasteiger partial charge is 0.332 e. The number of hydrogen-bond donors (Lipinski definition) is 3. The molecular formula is C47H58BrN11O5S. The molecule has 65 heavy (non-hydrogen) atoms. The fourth-order valence-electron chi connectivity index (χ4n) is 10.7. The summed E-state index contributed by atoms with van der Waals surface area (Å²) in [4.78, 5) is 43.3. The first-order valence-electron chi connectivity index (χ1n) is 23.1. The lowest BCUT2D eigenvalue weighted by Crippen LogP contribution is -2.54. The van der Waals surface area contributed by atoms with E-state index in [1.165, 1.54) is 14.2 Å². The molecule has 0 radical (unpaired) electrons. The molecule has 4 fully saturated rings. The monoisotopic (exact) mass is 967 g/mol. The van der Waals surface area contributed by atoms with Gasteiger partial charge in [-0.3, -0.25) is 29.0 Å². The van der Waals surface area contributed by atoms with E-state index in [0.717, 1.165) is 119 Å². The number of para-hydroxylation sites is 1. The maximum absolute atomic E-state index is 13.8. The molecule has 1 atom stereocenters. The molecule has 10 rings (SSSR count). The van der Waals surface area contributed by atoms with Gasteiger partial charge in [0.2, 0.25) is 17.8 Å². The van der Waals surface area contributed by atoms with E-state index in [1.807, 2.05) is 18.2 Å². The van der Waals surface area contributed by atoms with Gasteiger partial charge in [-0.25, -0.2) is 9.29 Å². The number of piperidine rings is 3. The number of nitrogens with zero attached hydrogens (tertiary/aromatic N) is 8. The minimum absolute atomic E-state index is 0.195. The molecule has 2 amide bonds. The number of carbonyl (C=O) groups is 2. The Morgan fingerprint density at radius 2 is 1.58 bits per heavy atom. The van der Waals surface area contributed by atoms with Crippen molar-refractivity contribution in [3.63, 3.8) is 0 Å². The molecule has 4 aromatic rings. The van der Waals surface area contributed by atoms with E-state index in [4.69, 9.17) is 9.72 Å². The standard InChI is InChI=1S/C47H58BrN11O5S/c1-31-28-39(51-47-49-30-37(48)45(53-47)59-40-5-3-4-34-14-21-58(44(34)40)65(59,62)63)42(64-2)29-41(31)57-19-15-36(16-20-57)56-26-24-55(25-27-56)23-22-54-17-12-33(13-18-54)32-6-8-35(9-7-32)50-38-10-11-43(60)52-46(38)61/h3-9,28-30,33,36,38,50H,10-27H2,1-2H3,(H,49,51,53)(H,52,60,61). The van der Waals surface area contributed by atoms with E-state index in [-0.39, 0.29) is 29.6 Å². The van der Waals surface area contributed by atoms with E-state index in [0.29, 0.717) is 59.4 Å². The van der Waals surface area contributed by atoms with Crippen molar-refractivity contribution < 1.29 is 22.7 Å².